The normalized spacial score (nSPS) is 11.9. The average Bonchev–Trinajstić information content (AvgIpc) is 3.44. The molecule has 2 heterocycles. The van der Waals surface area contributed by atoms with Crippen LogP contribution in [0.5, 0.6) is 0 Å². The summed E-state index contributed by atoms with van der Waals surface area (Å²) in [5.74, 6) is 0. The summed E-state index contributed by atoms with van der Waals surface area (Å²) in [6, 6.07) is 52.6. The lowest BCUT2D eigenvalue weighted by Crippen LogP contribution is -1.93. The van der Waals surface area contributed by atoms with Crippen LogP contribution in [-0.4, -0.2) is 9.38 Å². The Morgan fingerprint density at radius 1 is 0.390 bits per heavy atom. The molecular formula is C39H24N2. The van der Waals surface area contributed by atoms with Crippen LogP contribution < -0.4 is 0 Å². The molecule has 0 aliphatic heterocycles. The minimum absolute atomic E-state index is 1.01. The first-order valence-corrected chi connectivity index (χ1v) is 14.1. The van der Waals surface area contributed by atoms with Crippen molar-refractivity contribution in [3.63, 3.8) is 0 Å². The first-order valence-electron chi connectivity index (χ1n) is 14.1. The summed E-state index contributed by atoms with van der Waals surface area (Å²) < 4.78 is 2.35. The Balaban J connectivity index is 1.27. The van der Waals surface area contributed by atoms with Crippen molar-refractivity contribution in [1.82, 2.24) is 9.38 Å². The molecule has 0 saturated heterocycles. The van der Waals surface area contributed by atoms with E-state index in [9.17, 15) is 0 Å². The lowest BCUT2D eigenvalue weighted by atomic mass is 9.96. The average molecular weight is 521 g/mol. The number of pyridine rings is 1. The SMILES string of the molecule is c1ccc2cc(-c3ccc(-c4ccc5c6ccc7ccccc7c6c6nc7ccccc7n6c5c4)cc3)ccc2c1. The summed E-state index contributed by atoms with van der Waals surface area (Å²) >= 11 is 0. The number of hydrogen-bond donors (Lipinski definition) is 0. The molecule has 0 atom stereocenters. The van der Waals surface area contributed by atoms with Crippen molar-refractivity contribution in [3.8, 4) is 22.3 Å². The Morgan fingerprint density at radius 2 is 1.00 bits per heavy atom. The van der Waals surface area contributed by atoms with Crippen LogP contribution in [0.25, 0.3) is 82.2 Å². The van der Waals surface area contributed by atoms with Crippen molar-refractivity contribution in [2.24, 2.45) is 0 Å². The van der Waals surface area contributed by atoms with Crippen molar-refractivity contribution >= 4 is 59.9 Å². The van der Waals surface area contributed by atoms with Gasteiger partial charge in [0.1, 0.15) is 5.65 Å². The van der Waals surface area contributed by atoms with Crippen LogP contribution >= 0.6 is 0 Å². The third-order valence-electron chi connectivity index (χ3n) is 8.54. The molecule has 0 saturated carbocycles. The highest BCUT2D eigenvalue weighted by molar-refractivity contribution is 6.23. The van der Waals surface area contributed by atoms with Gasteiger partial charge < -0.3 is 0 Å². The van der Waals surface area contributed by atoms with Gasteiger partial charge in [0, 0.05) is 10.8 Å². The summed E-state index contributed by atoms with van der Waals surface area (Å²) in [6.45, 7) is 0. The number of nitrogens with zero attached hydrogens (tertiary/aromatic N) is 2. The fourth-order valence-electron chi connectivity index (χ4n) is 6.52. The van der Waals surface area contributed by atoms with Crippen molar-refractivity contribution in [2.75, 3.05) is 0 Å². The number of hydrogen-bond acceptors (Lipinski definition) is 1. The van der Waals surface area contributed by atoms with Gasteiger partial charge in [0.15, 0.2) is 0 Å². The summed E-state index contributed by atoms with van der Waals surface area (Å²) in [5, 5.41) is 8.68. The number of benzene rings is 7. The second-order valence-corrected chi connectivity index (χ2v) is 10.8. The van der Waals surface area contributed by atoms with E-state index in [4.69, 9.17) is 4.98 Å². The van der Waals surface area contributed by atoms with E-state index < -0.39 is 0 Å². The molecular weight excluding hydrogens is 496 g/mol. The van der Waals surface area contributed by atoms with Crippen LogP contribution in [0, 0.1) is 0 Å². The molecule has 9 aromatic rings. The molecule has 0 aliphatic rings. The van der Waals surface area contributed by atoms with Crippen LogP contribution in [0.15, 0.2) is 146 Å². The molecule has 0 fully saturated rings. The molecule has 41 heavy (non-hydrogen) atoms. The van der Waals surface area contributed by atoms with E-state index in [1.54, 1.807) is 0 Å². The highest BCUT2D eigenvalue weighted by Crippen LogP contribution is 2.38. The molecule has 7 aromatic carbocycles. The number of para-hydroxylation sites is 2. The van der Waals surface area contributed by atoms with E-state index in [-0.39, 0.29) is 0 Å². The van der Waals surface area contributed by atoms with E-state index in [0.717, 1.165) is 16.7 Å². The Hall–Kier alpha value is -5.47. The Morgan fingerprint density at radius 3 is 1.85 bits per heavy atom. The summed E-state index contributed by atoms with van der Waals surface area (Å²) in [4.78, 5) is 5.18. The van der Waals surface area contributed by atoms with Crippen LogP contribution in [0.3, 0.4) is 0 Å². The highest BCUT2D eigenvalue weighted by Gasteiger charge is 2.16. The summed E-state index contributed by atoms with van der Waals surface area (Å²) in [6.07, 6.45) is 0. The van der Waals surface area contributed by atoms with E-state index >= 15 is 0 Å². The van der Waals surface area contributed by atoms with Gasteiger partial charge in [-0.05, 0) is 73.5 Å². The van der Waals surface area contributed by atoms with Gasteiger partial charge >= 0.3 is 0 Å². The summed E-state index contributed by atoms with van der Waals surface area (Å²) in [5.41, 5.74) is 9.18. The van der Waals surface area contributed by atoms with Crippen molar-refractivity contribution in [1.29, 1.82) is 0 Å². The minimum Gasteiger partial charge on any atom is -0.292 e. The van der Waals surface area contributed by atoms with Gasteiger partial charge in [-0.1, -0.05) is 121 Å². The number of rotatable bonds is 2. The molecule has 2 aromatic heterocycles. The third-order valence-corrected chi connectivity index (χ3v) is 8.54. The second kappa shape index (κ2) is 8.51. The van der Waals surface area contributed by atoms with Crippen molar-refractivity contribution in [3.05, 3.63) is 146 Å². The molecule has 0 amide bonds. The molecule has 0 radical (unpaired) electrons. The first-order chi connectivity index (χ1) is 20.3. The number of imidazole rings is 1. The van der Waals surface area contributed by atoms with E-state index in [1.807, 2.05) is 0 Å². The minimum atomic E-state index is 1.01. The van der Waals surface area contributed by atoms with Crippen molar-refractivity contribution in [2.45, 2.75) is 0 Å². The quantitative estimate of drug-likeness (QED) is 0.207. The van der Waals surface area contributed by atoms with Gasteiger partial charge in [-0.15, -0.1) is 0 Å². The van der Waals surface area contributed by atoms with Crippen LogP contribution in [0.1, 0.15) is 0 Å². The third kappa shape index (κ3) is 3.34. The van der Waals surface area contributed by atoms with Gasteiger partial charge in [0.2, 0.25) is 0 Å². The molecule has 2 heteroatoms. The Bertz CT molecular complexity index is 2460. The maximum atomic E-state index is 5.18. The summed E-state index contributed by atoms with van der Waals surface area (Å²) in [7, 11) is 0. The fourth-order valence-corrected chi connectivity index (χ4v) is 6.52. The molecule has 2 nitrogen and oxygen atoms in total. The lowest BCUT2D eigenvalue weighted by Gasteiger charge is -2.13. The van der Waals surface area contributed by atoms with Crippen LogP contribution in [-0.2, 0) is 0 Å². The van der Waals surface area contributed by atoms with E-state index in [0.29, 0.717) is 0 Å². The van der Waals surface area contributed by atoms with Gasteiger partial charge in [0.25, 0.3) is 0 Å². The second-order valence-electron chi connectivity index (χ2n) is 10.8. The Kier molecular flexibility index (Phi) is 4.64. The van der Waals surface area contributed by atoms with Gasteiger partial charge in [-0.25, -0.2) is 4.98 Å². The fraction of sp³-hybridized carbons (Fsp3) is 0. The zero-order valence-electron chi connectivity index (χ0n) is 22.3. The predicted octanol–water partition coefficient (Wildman–Crippen LogP) is 10.4. The Labute approximate surface area is 236 Å². The smallest absolute Gasteiger partial charge is 0.147 e. The van der Waals surface area contributed by atoms with Crippen LogP contribution in [0.4, 0.5) is 0 Å². The lowest BCUT2D eigenvalue weighted by molar-refractivity contribution is 1.32. The zero-order chi connectivity index (χ0) is 26.9. The van der Waals surface area contributed by atoms with E-state index in [1.165, 1.54) is 65.5 Å². The molecule has 0 N–H and O–H groups in total. The standard InChI is InChI=1S/C39H24N2/c1-2-9-29-23-30(18-17-25(29)7-1)26-13-15-27(16-14-26)31-20-21-33-34-22-19-28-8-3-4-10-32(28)38(34)39-40-35-11-5-6-12-36(35)41(39)37(33)24-31/h1-24H. The molecule has 190 valence electrons. The predicted molar refractivity (Wildman–Crippen MR) is 174 cm³/mol. The largest absolute Gasteiger partial charge is 0.292 e. The number of aromatic nitrogens is 2. The molecule has 0 spiro atoms. The van der Waals surface area contributed by atoms with Gasteiger partial charge in [0.05, 0.1) is 16.6 Å². The monoisotopic (exact) mass is 520 g/mol. The van der Waals surface area contributed by atoms with Crippen LogP contribution in [0.2, 0.25) is 0 Å². The maximum absolute atomic E-state index is 5.18. The maximum Gasteiger partial charge on any atom is 0.147 e. The van der Waals surface area contributed by atoms with Crippen molar-refractivity contribution < 1.29 is 0 Å². The number of fused-ring (bicyclic) bond motifs is 11. The van der Waals surface area contributed by atoms with E-state index in [2.05, 4.69) is 150 Å². The molecule has 9 rings (SSSR count). The van der Waals surface area contributed by atoms with Gasteiger partial charge in [-0.2, -0.15) is 0 Å². The molecule has 0 aliphatic carbocycles. The van der Waals surface area contributed by atoms with Gasteiger partial charge in [-0.3, -0.25) is 4.40 Å². The topological polar surface area (TPSA) is 17.3 Å². The highest BCUT2D eigenvalue weighted by atomic mass is 15.0. The molecule has 0 bridgehead atoms. The molecule has 0 unspecified atom stereocenters. The zero-order valence-corrected chi connectivity index (χ0v) is 22.3. The first kappa shape index (κ1) is 22.4.